The van der Waals surface area contributed by atoms with Crippen molar-refractivity contribution in [2.75, 3.05) is 19.6 Å². The van der Waals surface area contributed by atoms with Crippen LogP contribution in [0.3, 0.4) is 0 Å². The topological polar surface area (TPSA) is 66.6 Å². The van der Waals surface area contributed by atoms with Crippen molar-refractivity contribution in [3.05, 3.63) is 0 Å². The summed E-state index contributed by atoms with van der Waals surface area (Å²) in [4.78, 5) is 13.6. The van der Waals surface area contributed by atoms with Gasteiger partial charge >= 0.3 is 5.97 Å². The molecule has 0 aromatic heterocycles. The standard InChI is InChI=1S/C12H22N2O2/c1-8-6-14(9(2)5-13)7-10(11(15)16)12(8)3-4-12/h8-10H,3-7,13H2,1-2H3,(H,15,16). The van der Waals surface area contributed by atoms with Gasteiger partial charge in [0.05, 0.1) is 5.92 Å². The van der Waals surface area contributed by atoms with Crippen molar-refractivity contribution in [3.63, 3.8) is 0 Å². The lowest BCUT2D eigenvalue weighted by Crippen LogP contribution is -2.53. The second kappa shape index (κ2) is 4.00. The van der Waals surface area contributed by atoms with E-state index in [0.29, 0.717) is 25.0 Å². The number of hydrogen-bond acceptors (Lipinski definition) is 3. The number of carboxylic acids is 1. The van der Waals surface area contributed by atoms with E-state index in [0.717, 1.165) is 19.4 Å². The fourth-order valence-electron chi connectivity index (χ4n) is 3.19. The van der Waals surface area contributed by atoms with Crippen LogP contribution in [0.15, 0.2) is 0 Å². The molecule has 92 valence electrons. The molecule has 1 spiro atoms. The number of rotatable bonds is 3. The molecule has 0 amide bonds. The molecule has 3 N–H and O–H groups in total. The average Bonchev–Trinajstić information content (AvgIpc) is 3.02. The second-order valence-corrected chi connectivity index (χ2v) is 5.56. The normalized spacial score (nSPS) is 34.9. The molecule has 2 fully saturated rings. The third-order valence-electron chi connectivity index (χ3n) is 4.69. The predicted octanol–water partition coefficient (Wildman–Crippen LogP) is 0.766. The average molecular weight is 226 g/mol. The van der Waals surface area contributed by atoms with Gasteiger partial charge in [-0.15, -0.1) is 0 Å². The number of hydrogen-bond donors (Lipinski definition) is 2. The Morgan fingerprint density at radius 2 is 2.19 bits per heavy atom. The highest BCUT2D eigenvalue weighted by Gasteiger charge is 2.58. The number of carbonyl (C=O) groups is 1. The van der Waals surface area contributed by atoms with Crippen LogP contribution in [0.4, 0.5) is 0 Å². The molecule has 0 aromatic carbocycles. The Bertz CT molecular complexity index is 289. The van der Waals surface area contributed by atoms with Gasteiger partial charge in [0.1, 0.15) is 0 Å². The maximum atomic E-state index is 11.4. The maximum Gasteiger partial charge on any atom is 0.308 e. The van der Waals surface area contributed by atoms with E-state index in [1.165, 1.54) is 0 Å². The first-order valence-electron chi connectivity index (χ1n) is 6.18. The number of piperidine rings is 1. The molecular formula is C12H22N2O2. The van der Waals surface area contributed by atoms with Gasteiger partial charge in [-0.2, -0.15) is 0 Å². The van der Waals surface area contributed by atoms with E-state index in [9.17, 15) is 9.90 Å². The van der Waals surface area contributed by atoms with Crippen molar-refractivity contribution >= 4 is 5.97 Å². The Balaban J connectivity index is 2.13. The van der Waals surface area contributed by atoms with Crippen molar-refractivity contribution < 1.29 is 9.90 Å². The van der Waals surface area contributed by atoms with Crippen molar-refractivity contribution in [1.29, 1.82) is 0 Å². The molecule has 0 bridgehead atoms. The first-order chi connectivity index (χ1) is 7.51. The zero-order valence-electron chi connectivity index (χ0n) is 10.1. The largest absolute Gasteiger partial charge is 0.481 e. The molecule has 1 saturated carbocycles. The minimum atomic E-state index is -0.627. The number of aliphatic carboxylic acids is 1. The van der Waals surface area contributed by atoms with Gasteiger partial charge in [-0.3, -0.25) is 9.69 Å². The van der Waals surface area contributed by atoms with E-state index in [4.69, 9.17) is 5.73 Å². The first kappa shape index (κ1) is 11.9. The van der Waals surface area contributed by atoms with E-state index in [2.05, 4.69) is 18.7 Å². The van der Waals surface area contributed by atoms with Gasteiger partial charge in [0.25, 0.3) is 0 Å². The summed E-state index contributed by atoms with van der Waals surface area (Å²) in [5.74, 6) is -0.333. The van der Waals surface area contributed by atoms with Gasteiger partial charge in [-0.05, 0) is 31.1 Å². The monoisotopic (exact) mass is 226 g/mol. The van der Waals surface area contributed by atoms with E-state index < -0.39 is 5.97 Å². The number of nitrogens with zero attached hydrogens (tertiary/aromatic N) is 1. The van der Waals surface area contributed by atoms with E-state index in [1.54, 1.807) is 0 Å². The van der Waals surface area contributed by atoms with Crippen molar-refractivity contribution in [1.82, 2.24) is 4.90 Å². The zero-order valence-corrected chi connectivity index (χ0v) is 10.1. The van der Waals surface area contributed by atoms with Crippen LogP contribution in [0.1, 0.15) is 26.7 Å². The molecule has 2 aliphatic rings. The zero-order chi connectivity index (χ0) is 11.9. The molecule has 0 radical (unpaired) electrons. The summed E-state index contributed by atoms with van der Waals surface area (Å²) in [5, 5.41) is 9.35. The Kier molecular flexibility index (Phi) is 2.97. The fraction of sp³-hybridized carbons (Fsp3) is 0.917. The SMILES string of the molecule is CC(CN)N1CC(C)C2(CC2)C(C(=O)O)C1. The van der Waals surface area contributed by atoms with Gasteiger partial charge in [0.2, 0.25) is 0 Å². The molecule has 3 unspecified atom stereocenters. The van der Waals surface area contributed by atoms with Crippen LogP contribution in [0.25, 0.3) is 0 Å². The predicted molar refractivity (Wildman–Crippen MR) is 62.0 cm³/mol. The van der Waals surface area contributed by atoms with Crippen LogP contribution >= 0.6 is 0 Å². The molecule has 1 aliphatic heterocycles. The van der Waals surface area contributed by atoms with Gasteiger partial charge < -0.3 is 10.8 Å². The molecule has 1 aliphatic carbocycles. The van der Waals surface area contributed by atoms with Crippen LogP contribution in [-0.2, 0) is 4.79 Å². The summed E-state index contributed by atoms with van der Waals surface area (Å²) in [6.45, 7) is 6.56. The van der Waals surface area contributed by atoms with Crippen LogP contribution in [0.2, 0.25) is 0 Å². The lowest BCUT2D eigenvalue weighted by Gasteiger charge is -2.44. The van der Waals surface area contributed by atoms with Gasteiger partial charge in [0.15, 0.2) is 0 Å². The Hall–Kier alpha value is -0.610. The lowest BCUT2D eigenvalue weighted by molar-refractivity contribution is -0.149. The fourth-order valence-corrected chi connectivity index (χ4v) is 3.19. The first-order valence-corrected chi connectivity index (χ1v) is 6.18. The molecule has 4 nitrogen and oxygen atoms in total. The smallest absolute Gasteiger partial charge is 0.308 e. The quantitative estimate of drug-likeness (QED) is 0.746. The molecule has 2 rings (SSSR count). The van der Waals surface area contributed by atoms with Gasteiger partial charge in [-0.25, -0.2) is 0 Å². The Labute approximate surface area is 96.8 Å². The highest BCUT2D eigenvalue weighted by molar-refractivity contribution is 5.72. The van der Waals surface area contributed by atoms with Crippen LogP contribution in [-0.4, -0.2) is 41.7 Å². The van der Waals surface area contributed by atoms with Crippen molar-refractivity contribution in [3.8, 4) is 0 Å². The Morgan fingerprint density at radius 3 is 2.62 bits per heavy atom. The summed E-state index contributed by atoms with van der Waals surface area (Å²) < 4.78 is 0. The lowest BCUT2D eigenvalue weighted by atomic mass is 9.75. The second-order valence-electron chi connectivity index (χ2n) is 5.56. The molecular weight excluding hydrogens is 204 g/mol. The molecule has 4 heteroatoms. The Morgan fingerprint density at radius 1 is 1.56 bits per heavy atom. The summed E-state index contributed by atoms with van der Waals surface area (Å²) in [5.41, 5.74) is 5.77. The highest BCUT2D eigenvalue weighted by Crippen LogP contribution is 2.59. The minimum Gasteiger partial charge on any atom is -0.481 e. The molecule has 16 heavy (non-hydrogen) atoms. The summed E-state index contributed by atoms with van der Waals surface area (Å²) in [7, 11) is 0. The molecule has 0 aromatic rings. The highest BCUT2D eigenvalue weighted by atomic mass is 16.4. The number of likely N-dealkylation sites (tertiary alicyclic amines) is 1. The van der Waals surface area contributed by atoms with Crippen molar-refractivity contribution in [2.24, 2.45) is 23.0 Å². The summed E-state index contributed by atoms with van der Waals surface area (Å²) in [6.07, 6.45) is 2.19. The third kappa shape index (κ3) is 1.74. The summed E-state index contributed by atoms with van der Waals surface area (Å²) >= 11 is 0. The maximum absolute atomic E-state index is 11.4. The molecule has 1 heterocycles. The molecule has 3 atom stereocenters. The van der Waals surface area contributed by atoms with E-state index in [1.807, 2.05) is 0 Å². The summed E-state index contributed by atoms with van der Waals surface area (Å²) in [6, 6.07) is 0.292. The third-order valence-corrected chi connectivity index (χ3v) is 4.69. The van der Waals surface area contributed by atoms with E-state index in [-0.39, 0.29) is 11.3 Å². The van der Waals surface area contributed by atoms with Crippen LogP contribution in [0.5, 0.6) is 0 Å². The molecule has 1 saturated heterocycles. The van der Waals surface area contributed by atoms with Gasteiger partial charge in [-0.1, -0.05) is 6.92 Å². The number of nitrogens with two attached hydrogens (primary N) is 1. The minimum absolute atomic E-state index is 0.108. The van der Waals surface area contributed by atoms with Crippen LogP contribution < -0.4 is 5.73 Å². The van der Waals surface area contributed by atoms with E-state index >= 15 is 0 Å². The van der Waals surface area contributed by atoms with Crippen LogP contribution in [0, 0.1) is 17.3 Å². The number of carboxylic acid groups (broad SMARTS) is 1. The van der Waals surface area contributed by atoms with Crippen molar-refractivity contribution in [2.45, 2.75) is 32.7 Å². The van der Waals surface area contributed by atoms with Gasteiger partial charge in [0, 0.05) is 25.7 Å².